The van der Waals surface area contributed by atoms with E-state index >= 15 is 0 Å². The fourth-order valence-corrected chi connectivity index (χ4v) is 3.79. The first-order valence-corrected chi connectivity index (χ1v) is 8.38. The van der Waals surface area contributed by atoms with E-state index in [4.69, 9.17) is 17.3 Å². The summed E-state index contributed by atoms with van der Waals surface area (Å²) in [7, 11) is -3.72. The van der Waals surface area contributed by atoms with E-state index < -0.39 is 15.8 Å². The van der Waals surface area contributed by atoms with Gasteiger partial charge in [-0.05, 0) is 30.5 Å². The van der Waals surface area contributed by atoms with Crippen LogP contribution in [0.4, 0.5) is 4.39 Å². The molecular weight excluding hydrogens is 303 g/mol. The largest absolute Gasteiger partial charge is 0.326 e. The van der Waals surface area contributed by atoms with Crippen molar-refractivity contribution in [3.8, 4) is 0 Å². The number of halogens is 2. The van der Waals surface area contributed by atoms with E-state index in [1.54, 1.807) is 0 Å². The summed E-state index contributed by atoms with van der Waals surface area (Å²) in [6.45, 7) is 4.58. The van der Waals surface area contributed by atoms with Crippen molar-refractivity contribution in [3.05, 3.63) is 28.5 Å². The average Bonchev–Trinajstić information content (AvgIpc) is 2.41. The number of sulfonamides is 1. The van der Waals surface area contributed by atoms with Gasteiger partial charge in [-0.25, -0.2) is 12.8 Å². The maximum absolute atomic E-state index is 13.7. The average molecular weight is 323 g/mol. The van der Waals surface area contributed by atoms with Crippen LogP contribution in [-0.2, 0) is 16.6 Å². The first-order valence-electron chi connectivity index (χ1n) is 6.56. The third-order valence-electron chi connectivity index (χ3n) is 2.88. The van der Waals surface area contributed by atoms with E-state index in [0.717, 1.165) is 6.07 Å². The minimum atomic E-state index is -3.72. The van der Waals surface area contributed by atoms with Crippen molar-refractivity contribution >= 4 is 21.6 Å². The van der Waals surface area contributed by atoms with E-state index in [2.05, 4.69) is 0 Å². The first-order chi connectivity index (χ1) is 9.38. The van der Waals surface area contributed by atoms with Crippen LogP contribution >= 0.6 is 11.6 Å². The van der Waals surface area contributed by atoms with Crippen molar-refractivity contribution in [3.63, 3.8) is 0 Å². The van der Waals surface area contributed by atoms with E-state index in [1.807, 2.05) is 13.8 Å². The van der Waals surface area contributed by atoms with Gasteiger partial charge in [0.1, 0.15) is 5.82 Å². The molecule has 0 unspecified atom stereocenters. The lowest BCUT2D eigenvalue weighted by Gasteiger charge is -2.21. The van der Waals surface area contributed by atoms with Crippen molar-refractivity contribution in [1.82, 2.24) is 4.31 Å². The number of nitrogens with zero attached hydrogens (tertiary/aromatic N) is 1. The highest BCUT2D eigenvalue weighted by atomic mass is 35.5. The summed E-state index contributed by atoms with van der Waals surface area (Å²) in [5.74, 6) is -0.763. The number of nitrogens with two attached hydrogens (primary N) is 1. The highest BCUT2D eigenvalue weighted by Crippen LogP contribution is 2.26. The van der Waals surface area contributed by atoms with Crippen LogP contribution in [0.2, 0.25) is 5.02 Å². The molecule has 0 aliphatic rings. The van der Waals surface area contributed by atoms with Gasteiger partial charge >= 0.3 is 0 Å². The van der Waals surface area contributed by atoms with E-state index in [1.165, 1.54) is 10.4 Å². The van der Waals surface area contributed by atoms with Gasteiger partial charge in [-0.15, -0.1) is 0 Å². The van der Waals surface area contributed by atoms with Gasteiger partial charge in [0.2, 0.25) is 10.0 Å². The molecule has 7 heteroatoms. The smallest absolute Gasteiger partial charge is 0.243 e. The highest BCUT2D eigenvalue weighted by molar-refractivity contribution is 7.89. The quantitative estimate of drug-likeness (QED) is 0.839. The molecule has 1 aromatic rings. The van der Waals surface area contributed by atoms with E-state index in [0.29, 0.717) is 25.9 Å². The second-order valence-electron chi connectivity index (χ2n) is 4.49. The summed E-state index contributed by atoms with van der Waals surface area (Å²) in [6.07, 6.45) is 1.39. The molecule has 114 valence electrons. The Kier molecular flexibility index (Phi) is 6.39. The van der Waals surface area contributed by atoms with E-state index in [9.17, 15) is 12.8 Å². The number of hydrogen-bond acceptors (Lipinski definition) is 3. The van der Waals surface area contributed by atoms with Crippen LogP contribution < -0.4 is 5.73 Å². The Balaban J connectivity index is 3.30. The second-order valence-corrected chi connectivity index (χ2v) is 6.80. The lowest BCUT2D eigenvalue weighted by atomic mass is 10.2. The van der Waals surface area contributed by atoms with Crippen molar-refractivity contribution in [2.75, 3.05) is 13.1 Å². The van der Waals surface area contributed by atoms with E-state index in [-0.39, 0.29) is 22.0 Å². The maximum atomic E-state index is 13.7. The predicted octanol–water partition coefficient (Wildman–Crippen LogP) is 2.75. The van der Waals surface area contributed by atoms with Crippen LogP contribution in [0.3, 0.4) is 0 Å². The Morgan fingerprint density at radius 2 is 1.80 bits per heavy atom. The lowest BCUT2D eigenvalue weighted by Crippen LogP contribution is -2.32. The number of benzene rings is 1. The summed E-state index contributed by atoms with van der Waals surface area (Å²) < 4.78 is 40.1. The zero-order chi connectivity index (χ0) is 15.3. The van der Waals surface area contributed by atoms with Gasteiger partial charge in [0.05, 0.1) is 9.92 Å². The Morgan fingerprint density at radius 3 is 2.25 bits per heavy atom. The molecule has 1 aromatic carbocycles. The molecule has 1 rings (SSSR count). The van der Waals surface area contributed by atoms with Gasteiger partial charge in [0, 0.05) is 19.6 Å². The molecule has 0 amide bonds. The molecule has 0 aliphatic heterocycles. The SMILES string of the molecule is CCCN(CCC)S(=O)(=O)c1cc(F)c(Cl)c(CN)c1. The second kappa shape index (κ2) is 7.36. The van der Waals surface area contributed by atoms with Crippen molar-refractivity contribution in [2.24, 2.45) is 5.73 Å². The highest BCUT2D eigenvalue weighted by Gasteiger charge is 2.25. The Labute approximate surface area is 124 Å². The molecule has 0 aliphatic carbocycles. The van der Waals surface area contributed by atoms with Gasteiger partial charge in [-0.1, -0.05) is 25.4 Å². The minimum absolute atomic E-state index is 0.0132. The Hall–Kier alpha value is -0.690. The number of rotatable bonds is 7. The molecule has 0 radical (unpaired) electrons. The van der Waals surface area contributed by atoms with Crippen LogP contribution in [0.1, 0.15) is 32.3 Å². The summed E-state index contributed by atoms with van der Waals surface area (Å²) in [6, 6.07) is 2.30. The molecule has 0 fully saturated rings. The summed E-state index contributed by atoms with van der Waals surface area (Å²) in [4.78, 5) is -0.0956. The zero-order valence-electron chi connectivity index (χ0n) is 11.7. The normalized spacial score (nSPS) is 12.1. The Morgan fingerprint density at radius 1 is 1.25 bits per heavy atom. The summed E-state index contributed by atoms with van der Waals surface area (Å²) in [5, 5.41) is -0.121. The molecule has 0 saturated heterocycles. The molecular formula is C13H20ClFN2O2S. The maximum Gasteiger partial charge on any atom is 0.243 e. The molecule has 0 bridgehead atoms. The molecule has 0 spiro atoms. The monoisotopic (exact) mass is 322 g/mol. The topological polar surface area (TPSA) is 63.4 Å². The standard InChI is InChI=1S/C13H20ClFN2O2S/c1-3-5-17(6-4-2)20(18,19)11-7-10(9-16)13(14)12(15)8-11/h7-8H,3-6,9,16H2,1-2H3. The Bertz CT molecular complexity index is 558. The fourth-order valence-electron chi connectivity index (χ4n) is 1.92. The van der Waals surface area contributed by atoms with Gasteiger partial charge in [-0.2, -0.15) is 4.31 Å². The number of hydrogen-bond donors (Lipinski definition) is 1. The third-order valence-corrected chi connectivity index (χ3v) is 5.18. The lowest BCUT2D eigenvalue weighted by molar-refractivity contribution is 0.409. The van der Waals surface area contributed by atoms with Gasteiger partial charge < -0.3 is 5.73 Å². The van der Waals surface area contributed by atoms with Crippen LogP contribution in [0.15, 0.2) is 17.0 Å². The molecule has 0 saturated carbocycles. The van der Waals surface area contributed by atoms with Crippen molar-refractivity contribution < 1.29 is 12.8 Å². The van der Waals surface area contributed by atoms with Crippen LogP contribution in [0.25, 0.3) is 0 Å². The zero-order valence-corrected chi connectivity index (χ0v) is 13.3. The minimum Gasteiger partial charge on any atom is -0.326 e. The van der Waals surface area contributed by atoms with Crippen LogP contribution in [-0.4, -0.2) is 25.8 Å². The molecule has 0 aromatic heterocycles. The molecule has 2 N–H and O–H groups in total. The molecule has 0 heterocycles. The fraction of sp³-hybridized carbons (Fsp3) is 0.538. The first kappa shape index (κ1) is 17.4. The van der Waals surface area contributed by atoms with Crippen molar-refractivity contribution in [1.29, 1.82) is 0 Å². The van der Waals surface area contributed by atoms with Gasteiger partial charge in [-0.3, -0.25) is 0 Å². The van der Waals surface area contributed by atoms with Crippen LogP contribution in [0, 0.1) is 5.82 Å². The van der Waals surface area contributed by atoms with Crippen molar-refractivity contribution in [2.45, 2.75) is 38.1 Å². The summed E-state index contributed by atoms with van der Waals surface area (Å²) >= 11 is 5.75. The molecule has 0 atom stereocenters. The predicted molar refractivity (Wildman–Crippen MR) is 78.6 cm³/mol. The molecule has 4 nitrogen and oxygen atoms in total. The summed E-state index contributed by atoms with van der Waals surface area (Å²) in [5.41, 5.74) is 5.76. The van der Waals surface area contributed by atoms with Gasteiger partial charge in [0.25, 0.3) is 0 Å². The van der Waals surface area contributed by atoms with Crippen LogP contribution in [0.5, 0.6) is 0 Å². The van der Waals surface area contributed by atoms with Gasteiger partial charge in [0.15, 0.2) is 0 Å². The third kappa shape index (κ3) is 3.69. The molecule has 20 heavy (non-hydrogen) atoms.